The van der Waals surface area contributed by atoms with E-state index in [2.05, 4.69) is 4.98 Å². The van der Waals surface area contributed by atoms with Gasteiger partial charge in [-0.3, -0.25) is 4.98 Å². The van der Waals surface area contributed by atoms with Gasteiger partial charge < -0.3 is 14.3 Å². The van der Waals surface area contributed by atoms with Crippen molar-refractivity contribution >= 4 is 11.6 Å². The number of alkyl halides is 3. The van der Waals surface area contributed by atoms with Gasteiger partial charge in [-0.25, -0.2) is 4.79 Å². The zero-order valence-electron chi connectivity index (χ0n) is 15.1. The van der Waals surface area contributed by atoms with Gasteiger partial charge in [0.25, 0.3) is 0 Å². The van der Waals surface area contributed by atoms with Crippen LogP contribution in [-0.2, 0) is 12.6 Å². The van der Waals surface area contributed by atoms with Gasteiger partial charge in [0.2, 0.25) is 5.88 Å². The Morgan fingerprint density at radius 2 is 2.03 bits per heavy atom. The average Bonchev–Trinajstić information content (AvgIpc) is 3.18. The molecular weight excluding hydrogens is 411 g/mol. The molecule has 0 radical (unpaired) electrons. The van der Waals surface area contributed by atoms with Gasteiger partial charge in [-0.05, 0) is 60.7 Å². The highest BCUT2D eigenvalue weighted by atomic mass is 35.5. The van der Waals surface area contributed by atoms with Crippen molar-refractivity contribution in [1.82, 2.24) is 4.98 Å². The third-order valence-corrected chi connectivity index (χ3v) is 5.27. The van der Waals surface area contributed by atoms with Crippen LogP contribution >= 0.6 is 11.6 Å². The zero-order chi connectivity index (χ0) is 20.9. The van der Waals surface area contributed by atoms with Gasteiger partial charge in [0, 0.05) is 5.92 Å². The summed E-state index contributed by atoms with van der Waals surface area (Å²) in [5.74, 6) is -0.553. The number of rotatable bonds is 3. The first kappa shape index (κ1) is 19.4. The molecule has 1 aliphatic rings. The van der Waals surface area contributed by atoms with Gasteiger partial charge in [-0.2, -0.15) is 13.2 Å². The van der Waals surface area contributed by atoms with E-state index in [0.29, 0.717) is 18.6 Å². The van der Waals surface area contributed by atoms with Crippen LogP contribution in [0.4, 0.5) is 13.2 Å². The van der Waals surface area contributed by atoms with Gasteiger partial charge in [0.05, 0.1) is 10.6 Å². The summed E-state index contributed by atoms with van der Waals surface area (Å²) in [4.78, 5) is 13.5. The van der Waals surface area contributed by atoms with Gasteiger partial charge in [0.15, 0.2) is 5.76 Å². The normalized spacial score (nSPS) is 16.1. The molecular formula is C20H15ClF3NO4. The Morgan fingerprint density at radius 3 is 2.69 bits per heavy atom. The van der Waals surface area contributed by atoms with Crippen molar-refractivity contribution in [2.24, 2.45) is 0 Å². The Labute approximate surface area is 167 Å². The minimum atomic E-state index is -4.49. The fraction of sp³-hybridized carbons (Fsp3) is 0.250. The Hall–Kier alpha value is -2.87. The van der Waals surface area contributed by atoms with Gasteiger partial charge >= 0.3 is 11.9 Å². The SMILES string of the molecule is Cc1cc(Oc2ccc3c(c2)CC[C@H]3c2oc(=O)[nH]c2O)c(Cl)cc1C(F)(F)F. The van der Waals surface area contributed by atoms with Crippen LogP contribution in [0.1, 0.15) is 40.4 Å². The van der Waals surface area contributed by atoms with Gasteiger partial charge in [-0.15, -0.1) is 0 Å². The lowest BCUT2D eigenvalue weighted by Gasteiger charge is -2.15. The van der Waals surface area contributed by atoms with E-state index in [1.807, 2.05) is 0 Å². The Balaban J connectivity index is 1.62. The summed E-state index contributed by atoms with van der Waals surface area (Å²) < 4.78 is 49.8. The molecule has 9 heteroatoms. The number of hydrogen-bond acceptors (Lipinski definition) is 4. The van der Waals surface area contributed by atoms with Crippen LogP contribution in [0.25, 0.3) is 0 Å². The molecule has 0 unspecified atom stereocenters. The Kier molecular flexibility index (Phi) is 4.61. The summed E-state index contributed by atoms with van der Waals surface area (Å²) in [5.41, 5.74) is 1.01. The van der Waals surface area contributed by atoms with Gasteiger partial charge in [0.1, 0.15) is 11.5 Å². The van der Waals surface area contributed by atoms with Crippen LogP contribution in [0.2, 0.25) is 5.02 Å². The molecule has 1 heterocycles. The number of aryl methyl sites for hydroxylation is 2. The summed E-state index contributed by atoms with van der Waals surface area (Å²) in [7, 11) is 0. The number of ether oxygens (including phenoxy) is 1. The third kappa shape index (κ3) is 3.60. The molecule has 152 valence electrons. The van der Waals surface area contributed by atoms with Crippen LogP contribution in [0.5, 0.6) is 17.4 Å². The molecule has 2 aromatic carbocycles. The summed E-state index contributed by atoms with van der Waals surface area (Å²) in [6.45, 7) is 1.34. The number of benzene rings is 2. The number of oxazole rings is 1. The molecule has 0 saturated carbocycles. The van der Waals surface area contributed by atoms with Crippen molar-refractivity contribution < 1.29 is 27.4 Å². The van der Waals surface area contributed by atoms with Crippen LogP contribution in [0, 0.1) is 6.92 Å². The topological polar surface area (TPSA) is 75.5 Å². The molecule has 29 heavy (non-hydrogen) atoms. The maximum Gasteiger partial charge on any atom is 0.419 e. The second-order valence-electron chi connectivity index (χ2n) is 6.88. The number of halogens is 4. The number of aromatic amines is 1. The third-order valence-electron chi connectivity index (χ3n) is 4.98. The van der Waals surface area contributed by atoms with Crippen molar-refractivity contribution in [3.63, 3.8) is 0 Å². The van der Waals surface area contributed by atoms with Crippen molar-refractivity contribution in [3.8, 4) is 17.4 Å². The summed E-state index contributed by atoms with van der Waals surface area (Å²) in [5, 5.41) is 9.70. The van der Waals surface area contributed by atoms with Crippen molar-refractivity contribution in [2.75, 3.05) is 0 Å². The molecule has 0 fully saturated rings. The molecule has 1 aromatic heterocycles. The lowest BCUT2D eigenvalue weighted by atomic mass is 9.99. The highest BCUT2D eigenvalue weighted by Gasteiger charge is 2.33. The molecule has 2 N–H and O–H groups in total. The monoisotopic (exact) mass is 425 g/mol. The smallest absolute Gasteiger partial charge is 0.419 e. The molecule has 4 rings (SSSR count). The van der Waals surface area contributed by atoms with E-state index < -0.39 is 17.5 Å². The molecule has 0 spiro atoms. The highest BCUT2D eigenvalue weighted by Crippen LogP contribution is 2.43. The predicted molar refractivity (Wildman–Crippen MR) is 98.9 cm³/mol. The standard InChI is InChI=1S/C20H15ClF3NO4/c1-9-6-16(15(21)8-14(9)20(22,23)24)28-11-3-5-12-10(7-11)2-4-13(12)17-18(26)25-19(27)29-17/h3,5-8,13,26H,2,4H2,1H3,(H,25,27)/t13-/m1/s1. The van der Waals surface area contributed by atoms with E-state index in [4.69, 9.17) is 20.8 Å². The first-order chi connectivity index (χ1) is 13.6. The van der Waals surface area contributed by atoms with Crippen molar-refractivity contribution in [1.29, 1.82) is 0 Å². The second kappa shape index (κ2) is 6.88. The number of nitrogens with one attached hydrogen (secondary N) is 1. The molecule has 0 bridgehead atoms. The molecule has 1 aliphatic carbocycles. The number of aromatic hydroxyl groups is 1. The summed E-state index contributed by atoms with van der Waals surface area (Å²) >= 11 is 6.00. The zero-order valence-corrected chi connectivity index (χ0v) is 15.8. The second-order valence-corrected chi connectivity index (χ2v) is 7.28. The minimum absolute atomic E-state index is 0.0103. The minimum Gasteiger partial charge on any atom is -0.492 e. The van der Waals surface area contributed by atoms with Crippen molar-refractivity contribution in [3.05, 3.63) is 73.9 Å². The van der Waals surface area contributed by atoms with E-state index in [0.717, 1.165) is 17.2 Å². The first-order valence-electron chi connectivity index (χ1n) is 8.73. The summed E-state index contributed by atoms with van der Waals surface area (Å²) in [6, 6.07) is 7.31. The van der Waals surface area contributed by atoms with E-state index >= 15 is 0 Å². The Morgan fingerprint density at radius 1 is 1.28 bits per heavy atom. The van der Waals surface area contributed by atoms with Crippen LogP contribution in [-0.4, -0.2) is 10.1 Å². The largest absolute Gasteiger partial charge is 0.492 e. The number of fused-ring (bicyclic) bond motifs is 1. The number of H-pyrrole nitrogens is 1. The number of hydrogen-bond donors (Lipinski definition) is 2. The van der Waals surface area contributed by atoms with E-state index in [-0.39, 0.29) is 33.9 Å². The van der Waals surface area contributed by atoms with Crippen LogP contribution < -0.4 is 10.5 Å². The molecule has 1 atom stereocenters. The first-order valence-corrected chi connectivity index (χ1v) is 9.11. The quantitative estimate of drug-likeness (QED) is 0.579. The molecule has 0 amide bonds. The van der Waals surface area contributed by atoms with Gasteiger partial charge in [-0.1, -0.05) is 17.7 Å². The molecule has 0 aliphatic heterocycles. The van der Waals surface area contributed by atoms with E-state index in [1.54, 1.807) is 18.2 Å². The lowest BCUT2D eigenvalue weighted by Crippen LogP contribution is -2.07. The fourth-order valence-corrected chi connectivity index (χ4v) is 3.87. The average molecular weight is 426 g/mol. The summed E-state index contributed by atoms with van der Waals surface area (Å²) in [6.07, 6.45) is -3.20. The number of aromatic nitrogens is 1. The molecule has 5 nitrogen and oxygen atoms in total. The van der Waals surface area contributed by atoms with E-state index in [1.165, 1.54) is 13.0 Å². The maximum absolute atomic E-state index is 13.0. The maximum atomic E-state index is 13.0. The van der Waals surface area contributed by atoms with Crippen LogP contribution in [0.15, 0.2) is 39.5 Å². The van der Waals surface area contributed by atoms with Crippen LogP contribution in [0.3, 0.4) is 0 Å². The predicted octanol–water partition coefficient (Wildman–Crippen LogP) is 5.52. The molecule has 0 saturated heterocycles. The molecule has 3 aromatic rings. The van der Waals surface area contributed by atoms with Crippen molar-refractivity contribution in [2.45, 2.75) is 31.9 Å². The van der Waals surface area contributed by atoms with E-state index in [9.17, 15) is 23.1 Å². The Bertz CT molecular complexity index is 1150. The fourth-order valence-electron chi connectivity index (χ4n) is 3.66. The highest BCUT2D eigenvalue weighted by molar-refractivity contribution is 6.32. The lowest BCUT2D eigenvalue weighted by molar-refractivity contribution is -0.138.